The van der Waals surface area contributed by atoms with Crippen molar-refractivity contribution < 1.29 is 28.7 Å². The average molecular weight is 335 g/mol. The van der Waals surface area contributed by atoms with Crippen molar-refractivity contribution in [2.75, 3.05) is 21.3 Å². The van der Waals surface area contributed by atoms with Crippen LogP contribution in [-0.4, -0.2) is 38.2 Å². The minimum Gasteiger partial charge on any atom is -0.496 e. The lowest BCUT2D eigenvalue weighted by Crippen LogP contribution is -2.13. The number of para-hydroxylation sites is 1. The summed E-state index contributed by atoms with van der Waals surface area (Å²) in [6.07, 6.45) is 2.42. The number of methoxy groups -OCH3 is 3. The molecule has 0 unspecified atom stereocenters. The lowest BCUT2D eigenvalue weighted by atomic mass is 10.1. The Morgan fingerprint density at radius 3 is 2.33 bits per heavy atom. The van der Waals surface area contributed by atoms with Gasteiger partial charge in [0.1, 0.15) is 5.76 Å². The summed E-state index contributed by atoms with van der Waals surface area (Å²) < 4.78 is 14.3. The molecule has 8 heteroatoms. The maximum Gasteiger partial charge on any atom is 0.338 e. The van der Waals surface area contributed by atoms with Gasteiger partial charge in [0, 0.05) is 6.07 Å². The lowest BCUT2D eigenvalue weighted by molar-refractivity contribution is -0.385. The van der Waals surface area contributed by atoms with Gasteiger partial charge in [-0.2, -0.15) is 0 Å². The number of carbonyl (C=O) groups is 2. The summed E-state index contributed by atoms with van der Waals surface area (Å²) >= 11 is 0. The number of carbonyl (C=O) groups excluding carboxylic acids is 2. The molecule has 1 rings (SSSR count). The van der Waals surface area contributed by atoms with Crippen molar-refractivity contribution in [3.8, 4) is 0 Å². The molecule has 0 N–H and O–H groups in total. The van der Waals surface area contributed by atoms with E-state index in [0.717, 1.165) is 0 Å². The number of esters is 2. The van der Waals surface area contributed by atoms with Gasteiger partial charge in [-0.15, -0.1) is 0 Å². The van der Waals surface area contributed by atoms with Crippen LogP contribution < -0.4 is 0 Å². The molecule has 0 aliphatic heterocycles. The summed E-state index contributed by atoms with van der Waals surface area (Å²) in [6.45, 7) is 0. The van der Waals surface area contributed by atoms with E-state index in [1.807, 2.05) is 0 Å². The van der Waals surface area contributed by atoms with Crippen molar-refractivity contribution in [3.05, 3.63) is 57.4 Å². The van der Waals surface area contributed by atoms with Gasteiger partial charge < -0.3 is 14.2 Å². The van der Waals surface area contributed by atoms with Gasteiger partial charge >= 0.3 is 11.9 Å². The highest BCUT2D eigenvalue weighted by atomic mass is 16.6. The number of nitro benzene ring substituents is 1. The summed E-state index contributed by atoms with van der Waals surface area (Å²) in [6, 6.07) is 6.07. The molecular weight excluding hydrogens is 318 g/mol. The molecule has 24 heavy (non-hydrogen) atoms. The Morgan fingerprint density at radius 1 is 1.12 bits per heavy atom. The molecule has 0 aliphatic rings. The Labute approximate surface area is 138 Å². The Hall–Kier alpha value is -3.16. The first-order valence-corrected chi connectivity index (χ1v) is 6.78. The number of nitrogens with zero attached hydrogens (tertiary/aromatic N) is 1. The Morgan fingerprint density at radius 2 is 1.79 bits per heavy atom. The van der Waals surface area contributed by atoms with Gasteiger partial charge in [-0.3, -0.25) is 14.9 Å². The van der Waals surface area contributed by atoms with E-state index in [1.54, 1.807) is 18.2 Å². The van der Waals surface area contributed by atoms with E-state index in [9.17, 15) is 19.7 Å². The molecule has 8 nitrogen and oxygen atoms in total. The zero-order chi connectivity index (χ0) is 18.1. The number of benzene rings is 1. The second-order valence-corrected chi connectivity index (χ2v) is 4.44. The molecule has 1 aromatic carbocycles. The molecule has 0 saturated heterocycles. The van der Waals surface area contributed by atoms with Crippen LogP contribution >= 0.6 is 0 Å². The zero-order valence-electron chi connectivity index (χ0n) is 13.5. The smallest absolute Gasteiger partial charge is 0.338 e. The van der Waals surface area contributed by atoms with Crippen molar-refractivity contribution in [2.24, 2.45) is 0 Å². The predicted octanol–water partition coefficient (Wildman–Crippen LogP) is 2.24. The Balaban J connectivity index is 3.28. The molecule has 0 aromatic heterocycles. The van der Waals surface area contributed by atoms with E-state index in [2.05, 4.69) is 9.47 Å². The molecule has 0 aliphatic carbocycles. The largest absolute Gasteiger partial charge is 0.496 e. The molecule has 0 saturated carbocycles. The van der Waals surface area contributed by atoms with Crippen LogP contribution in [0.1, 0.15) is 12.0 Å². The van der Waals surface area contributed by atoms with Gasteiger partial charge in [0.15, 0.2) is 0 Å². The first kappa shape index (κ1) is 18.9. The van der Waals surface area contributed by atoms with E-state index >= 15 is 0 Å². The van der Waals surface area contributed by atoms with E-state index in [0.29, 0.717) is 5.56 Å². The summed E-state index contributed by atoms with van der Waals surface area (Å²) in [5, 5.41) is 11.0. The van der Waals surface area contributed by atoms with Crippen LogP contribution in [0.25, 0.3) is 6.08 Å². The minimum atomic E-state index is -0.760. The number of rotatable bonds is 7. The highest BCUT2D eigenvalue weighted by Crippen LogP contribution is 2.21. The fourth-order valence-corrected chi connectivity index (χ4v) is 1.85. The zero-order valence-corrected chi connectivity index (χ0v) is 13.5. The van der Waals surface area contributed by atoms with Gasteiger partial charge in [-0.1, -0.05) is 12.1 Å². The maximum atomic E-state index is 11.8. The first-order valence-electron chi connectivity index (χ1n) is 6.78. The van der Waals surface area contributed by atoms with Gasteiger partial charge in [-0.05, 0) is 18.2 Å². The quantitative estimate of drug-likeness (QED) is 0.188. The topological polar surface area (TPSA) is 105 Å². The van der Waals surface area contributed by atoms with Crippen LogP contribution in [0.4, 0.5) is 5.69 Å². The van der Waals surface area contributed by atoms with Crippen LogP contribution in [0.15, 0.2) is 41.7 Å². The number of hydrogen-bond donors (Lipinski definition) is 0. The van der Waals surface area contributed by atoms with Crippen LogP contribution in [0.5, 0.6) is 0 Å². The summed E-state index contributed by atoms with van der Waals surface area (Å²) in [5.74, 6) is -1.36. The van der Waals surface area contributed by atoms with Crippen molar-refractivity contribution in [3.63, 3.8) is 0 Å². The molecule has 1 aromatic rings. The monoisotopic (exact) mass is 335 g/mol. The molecule has 0 spiro atoms. The van der Waals surface area contributed by atoms with Crippen LogP contribution in [-0.2, 0) is 23.8 Å². The second kappa shape index (κ2) is 9.09. The molecule has 128 valence electrons. The summed E-state index contributed by atoms with van der Waals surface area (Å²) in [4.78, 5) is 33.8. The molecule has 0 heterocycles. The number of allylic oxidation sites excluding steroid dienone is 1. The van der Waals surface area contributed by atoms with Gasteiger partial charge in [0.05, 0.1) is 43.8 Å². The Kier molecular flexibility index (Phi) is 7.15. The SMILES string of the molecule is COC(=O)C/C(C(=O)OC)=C(/C=C/c1ccccc1[N+](=O)[O-])OC. The van der Waals surface area contributed by atoms with E-state index in [-0.39, 0.29) is 23.4 Å². The highest BCUT2D eigenvalue weighted by molar-refractivity contribution is 5.95. The minimum absolute atomic E-state index is 0.0467. The second-order valence-electron chi connectivity index (χ2n) is 4.44. The maximum absolute atomic E-state index is 11.8. The van der Waals surface area contributed by atoms with E-state index < -0.39 is 16.9 Å². The van der Waals surface area contributed by atoms with Crippen LogP contribution in [0.2, 0.25) is 0 Å². The molecule has 0 fully saturated rings. The molecule has 0 amide bonds. The van der Waals surface area contributed by atoms with Crippen LogP contribution in [0, 0.1) is 10.1 Å². The number of nitro groups is 1. The first-order chi connectivity index (χ1) is 11.4. The van der Waals surface area contributed by atoms with Crippen molar-refractivity contribution in [2.45, 2.75) is 6.42 Å². The van der Waals surface area contributed by atoms with Gasteiger partial charge in [0.25, 0.3) is 5.69 Å². The fraction of sp³-hybridized carbons (Fsp3) is 0.250. The number of hydrogen-bond acceptors (Lipinski definition) is 7. The molecular formula is C16H17NO7. The predicted molar refractivity (Wildman–Crippen MR) is 84.8 cm³/mol. The molecule has 0 bridgehead atoms. The Bertz CT molecular complexity index is 691. The molecule has 0 atom stereocenters. The van der Waals surface area contributed by atoms with Gasteiger partial charge in [0.2, 0.25) is 0 Å². The van der Waals surface area contributed by atoms with E-state index in [4.69, 9.17) is 4.74 Å². The third kappa shape index (κ3) is 4.94. The van der Waals surface area contributed by atoms with Crippen molar-refractivity contribution in [1.29, 1.82) is 0 Å². The molecule has 0 radical (unpaired) electrons. The standard InChI is InChI=1S/C16H17NO7/c1-22-14(12(16(19)24-3)10-15(18)23-2)9-8-11-6-4-5-7-13(11)17(20)21/h4-9H,10H2,1-3H3/b9-8+,14-12+. The summed E-state index contributed by atoms with van der Waals surface area (Å²) in [5.41, 5.74) is 0.165. The van der Waals surface area contributed by atoms with Crippen LogP contribution in [0.3, 0.4) is 0 Å². The summed E-state index contributed by atoms with van der Waals surface area (Å²) in [7, 11) is 3.66. The third-order valence-electron chi connectivity index (χ3n) is 3.05. The van der Waals surface area contributed by atoms with Crippen molar-refractivity contribution in [1.82, 2.24) is 0 Å². The fourth-order valence-electron chi connectivity index (χ4n) is 1.85. The van der Waals surface area contributed by atoms with Crippen molar-refractivity contribution >= 4 is 23.7 Å². The van der Waals surface area contributed by atoms with Gasteiger partial charge in [-0.25, -0.2) is 4.79 Å². The highest BCUT2D eigenvalue weighted by Gasteiger charge is 2.20. The number of ether oxygens (including phenoxy) is 3. The lowest BCUT2D eigenvalue weighted by Gasteiger charge is -2.09. The van der Waals surface area contributed by atoms with E-state index in [1.165, 1.54) is 39.5 Å². The third-order valence-corrected chi connectivity index (χ3v) is 3.05. The normalized spacial score (nSPS) is 11.6. The average Bonchev–Trinajstić information content (AvgIpc) is 2.60.